The first-order valence-corrected chi connectivity index (χ1v) is 5.19. The second-order valence-electron chi connectivity index (χ2n) is 5.45. The summed E-state index contributed by atoms with van der Waals surface area (Å²) in [6.45, 7) is 13.1. The normalized spacial score (nSPS) is 15.5. The van der Waals surface area contributed by atoms with Gasteiger partial charge in [0, 0.05) is 19.1 Å². The SMILES string of the molecule is CC(C)CN(C)C(CN)C(C)(C)C. The van der Waals surface area contributed by atoms with Crippen LogP contribution in [0.4, 0.5) is 0 Å². The van der Waals surface area contributed by atoms with E-state index in [4.69, 9.17) is 5.73 Å². The summed E-state index contributed by atoms with van der Waals surface area (Å²) in [6, 6.07) is 0.481. The van der Waals surface area contributed by atoms with E-state index in [-0.39, 0.29) is 5.41 Å². The van der Waals surface area contributed by atoms with E-state index in [1.807, 2.05) is 0 Å². The Morgan fingerprint density at radius 1 is 1.23 bits per heavy atom. The van der Waals surface area contributed by atoms with Gasteiger partial charge in [-0.15, -0.1) is 0 Å². The van der Waals surface area contributed by atoms with Gasteiger partial charge in [-0.05, 0) is 18.4 Å². The van der Waals surface area contributed by atoms with E-state index in [1.165, 1.54) is 0 Å². The van der Waals surface area contributed by atoms with E-state index in [0.29, 0.717) is 12.0 Å². The first kappa shape index (κ1) is 12.9. The van der Waals surface area contributed by atoms with Gasteiger partial charge in [0.25, 0.3) is 0 Å². The molecule has 0 saturated heterocycles. The topological polar surface area (TPSA) is 29.3 Å². The lowest BCUT2D eigenvalue weighted by atomic mass is 9.85. The molecule has 0 rings (SSSR count). The smallest absolute Gasteiger partial charge is 0.0263 e. The van der Waals surface area contributed by atoms with Crippen molar-refractivity contribution in [2.45, 2.75) is 40.7 Å². The number of rotatable bonds is 4. The van der Waals surface area contributed by atoms with Gasteiger partial charge in [0.05, 0.1) is 0 Å². The largest absolute Gasteiger partial charge is 0.329 e. The van der Waals surface area contributed by atoms with E-state index in [1.54, 1.807) is 0 Å². The van der Waals surface area contributed by atoms with Gasteiger partial charge in [-0.1, -0.05) is 34.6 Å². The van der Waals surface area contributed by atoms with Crippen molar-refractivity contribution in [3.8, 4) is 0 Å². The van der Waals surface area contributed by atoms with Crippen molar-refractivity contribution in [2.24, 2.45) is 17.1 Å². The van der Waals surface area contributed by atoms with Crippen LogP contribution in [0.15, 0.2) is 0 Å². The summed E-state index contributed by atoms with van der Waals surface area (Å²) in [7, 11) is 2.17. The summed E-state index contributed by atoms with van der Waals surface area (Å²) in [5.74, 6) is 0.710. The molecule has 0 saturated carbocycles. The third-order valence-electron chi connectivity index (χ3n) is 2.41. The van der Waals surface area contributed by atoms with E-state index in [9.17, 15) is 0 Å². The van der Waals surface area contributed by atoms with E-state index < -0.39 is 0 Å². The van der Waals surface area contributed by atoms with Crippen LogP contribution in [0.25, 0.3) is 0 Å². The molecule has 0 aliphatic carbocycles. The minimum Gasteiger partial charge on any atom is -0.329 e. The number of nitrogens with two attached hydrogens (primary N) is 1. The first-order valence-electron chi connectivity index (χ1n) is 5.19. The number of likely N-dealkylation sites (N-methyl/N-ethyl adjacent to an activating group) is 1. The maximum absolute atomic E-state index is 5.79. The highest BCUT2D eigenvalue weighted by atomic mass is 15.1. The quantitative estimate of drug-likeness (QED) is 0.727. The zero-order valence-electron chi connectivity index (χ0n) is 10.1. The van der Waals surface area contributed by atoms with Crippen molar-refractivity contribution in [1.29, 1.82) is 0 Å². The molecule has 0 aromatic heterocycles. The lowest BCUT2D eigenvalue weighted by Crippen LogP contribution is -2.47. The molecule has 13 heavy (non-hydrogen) atoms. The third kappa shape index (κ3) is 4.63. The number of nitrogens with zero attached hydrogens (tertiary/aromatic N) is 1. The monoisotopic (exact) mass is 186 g/mol. The van der Waals surface area contributed by atoms with Gasteiger partial charge < -0.3 is 10.6 Å². The Kier molecular flexibility index (Phi) is 4.93. The summed E-state index contributed by atoms with van der Waals surface area (Å²) in [5, 5.41) is 0. The predicted octanol–water partition coefficient (Wildman–Crippen LogP) is 1.95. The predicted molar refractivity (Wildman–Crippen MR) is 59.8 cm³/mol. The maximum Gasteiger partial charge on any atom is 0.0263 e. The van der Waals surface area contributed by atoms with Gasteiger partial charge in [-0.3, -0.25) is 0 Å². The second-order valence-corrected chi connectivity index (χ2v) is 5.45. The molecule has 0 aliphatic heterocycles. The van der Waals surface area contributed by atoms with Crippen LogP contribution in [0, 0.1) is 11.3 Å². The zero-order valence-corrected chi connectivity index (χ0v) is 10.1. The van der Waals surface area contributed by atoms with Crippen molar-refractivity contribution < 1.29 is 0 Å². The standard InChI is InChI=1S/C11H26N2/c1-9(2)8-13(6)10(7-12)11(3,4)5/h9-10H,7-8,12H2,1-6H3. The fourth-order valence-electron chi connectivity index (χ4n) is 1.90. The minimum absolute atomic E-state index is 0.276. The molecule has 0 aromatic carbocycles. The molecule has 0 bridgehead atoms. The van der Waals surface area contributed by atoms with E-state index in [0.717, 1.165) is 13.1 Å². The molecule has 0 aliphatic rings. The van der Waals surface area contributed by atoms with Crippen molar-refractivity contribution in [3.63, 3.8) is 0 Å². The Morgan fingerprint density at radius 2 is 1.69 bits per heavy atom. The molecule has 0 aromatic rings. The zero-order chi connectivity index (χ0) is 10.6. The molecular weight excluding hydrogens is 160 g/mol. The highest BCUT2D eigenvalue weighted by molar-refractivity contribution is 4.82. The lowest BCUT2D eigenvalue weighted by Gasteiger charge is -2.38. The summed E-state index contributed by atoms with van der Waals surface area (Å²) in [6.07, 6.45) is 0. The average molecular weight is 186 g/mol. The third-order valence-corrected chi connectivity index (χ3v) is 2.41. The van der Waals surface area contributed by atoms with Crippen molar-refractivity contribution in [2.75, 3.05) is 20.1 Å². The van der Waals surface area contributed by atoms with E-state index >= 15 is 0 Å². The van der Waals surface area contributed by atoms with Gasteiger partial charge in [0.15, 0.2) is 0 Å². The average Bonchev–Trinajstić information content (AvgIpc) is 1.82. The van der Waals surface area contributed by atoms with Crippen LogP contribution < -0.4 is 5.73 Å². The molecule has 1 unspecified atom stereocenters. The van der Waals surface area contributed by atoms with Gasteiger partial charge in [0.2, 0.25) is 0 Å². The van der Waals surface area contributed by atoms with Gasteiger partial charge >= 0.3 is 0 Å². The molecule has 0 amide bonds. The summed E-state index contributed by atoms with van der Waals surface area (Å²) >= 11 is 0. The summed E-state index contributed by atoms with van der Waals surface area (Å²) in [5.41, 5.74) is 6.07. The molecule has 0 spiro atoms. The molecule has 1 atom stereocenters. The van der Waals surface area contributed by atoms with Crippen LogP contribution in [0.1, 0.15) is 34.6 Å². The van der Waals surface area contributed by atoms with Gasteiger partial charge in [-0.2, -0.15) is 0 Å². The Morgan fingerprint density at radius 3 is 1.92 bits per heavy atom. The second kappa shape index (κ2) is 4.97. The van der Waals surface area contributed by atoms with Crippen LogP contribution in [0.5, 0.6) is 0 Å². The van der Waals surface area contributed by atoms with Crippen LogP contribution >= 0.6 is 0 Å². The molecule has 0 fully saturated rings. The molecular formula is C11H26N2. The van der Waals surface area contributed by atoms with Crippen molar-refractivity contribution >= 4 is 0 Å². The van der Waals surface area contributed by atoms with Crippen LogP contribution in [0.2, 0.25) is 0 Å². The van der Waals surface area contributed by atoms with Crippen LogP contribution in [0.3, 0.4) is 0 Å². The highest BCUT2D eigenvalue weighted by Gasteiger charge is 2.26. The molecule has 2 N–H and O–H groups in total. The lowest BCUT2D eigenvalue weighted by molar-refractivity contribution is 0.120. The van der Waals surface area contributed by atoms with Crippen molar-refractivity contribution in [3.05, 3.63) is 0 Å². The Labute approximate surface area is 83.5 Å². The molecule has 0 heterocycles. The van der Waals surface area contributed by atoms with Crippen LogP contribution in [-0.2, 0) is 0 Å². The van der Waals surface area contributed by atoms with Crippen molar-refractivity contribution in [1.82, 2.24) is 4.90 Å². The minimum atomic E-state index is 0.276. The number of hydrogen-bond acceptors (Lipinski definition) is 2. The Hall–Kier alpha value is -0.0800. The van der Waals surface area contributed by atoms with Gasteiger partial charge in [0.1, 0.15) is 0 Å². The molecule has 80 valence electrons. The highest BCUT2D eigenvalue weighted by Crippen LogP contribution is 2.23. The molecule has 2 heteroatoms. The summed E-state index contributed by atoms with van der Waals surface area (Å²) in [4.78, 5) is 2.38. The first-order chi connectivity index (χ1) is 5.79. The Bertz CT molecular complexity index is 136. The summed E-state index contributed by atoms with van der Waals surface area (Å²) < 4.78 is 0. The van der Waals surface area contributed by atoms with Gasteiger partial charge in [-0.25, -0.2) is 0 Å². The maximum atomic E-state index is 5.79. The molecule has 0 radical (unpaired) electrons. The molecule has 2 nitrogen and oxygen atoms in total. The fourth-order valence-corrected chi connectivity index (χ4v) is 1.90. The van der Waals surface area contributed by atoms with E-state index in [2.05, 4.69) is 46.6 Å². The fraction of sp³-hybridized carbons (Fsp3) is 1.00. The Balaban J connectivity index is 4.24. The van der Waals surface area contributed by atoms with Crippen LogP contribution in [-0.4, -0.2) is 31.1 Å². The number of hydrogen-bond donors (Lipinski definition) is 1.